The van der Waals surface area contributed by atoms with Crippen LogP contribution < -0.4 is 5.32 Å². The van der Waals surface area contributed by atoms with Gasteiger partial charge in [-0.05, 0) is 18.6 Å². The van der Waals surface area contributed by atoms with Crippen molar-refractivity contribution in [3.8, 4) is 6.07 Å². The van der Waals surface area contributed by atoms with E-state index in [1.54, 1.807) is 25.4 Å². The van der Waals surface area contributed by atoms with Crippen molar-refractivity contribution >= 4 is 5.82 Å². The van der Waals surface area contributed by atoms with Crippen LogP contribution in [0.4, 0.5) is 5.82 Å². The van der Waals surface area contributed by atoms with Gasteiger partial charge in [-0.1, -0.05) is 0 Å². The van der Waals surface area contributed by atoms with Gasteiger partial charge in [-0.25, -0.2) is 4.98 Å². The Morgan fingerprint density at radius 3 is 3.19 bits per heavy atom. The Hall–Kier alpha value is -1.64. The summed E-state index contributed by atoms with van der Waals surface area (Å²) in [5.41, 5.74) is 0.565. The van der Waals surface area contributed by atoms with Crippen LogP contribution in [-0.2, 0) is 4.74 Å². The standard InChI is InChI=1S/C11H15N3O2/c1-16-8-10(15)3-5-14-11-6-9(7-12)2-4-13-11/h2,4,6,10,15H,3,5,8H2,1H3,(H,13,14). The summed E-state index contributed by atoms with van der Waals surface area (Å²) in [5, 5.41) is 21.1. The molecule has 1 atom stereocenters. The Bertz CT molecular complexity index is 362. The molecule has 1 rings (SSSR count). The maximum Gasteiger partial charge on any atom is 0.127 e. The fourth-order valence-corrected chi connectivity index (χ4v) is 1.24. The molecule has 0 aliphatic rings. The summed E-state index contributed by atoms with van der Waals surface area (Å²) in [6.07, 6.45) is 1.68. The number of pyridine rings is 1. The molecule has 0 amide bonds. The summed E-state index contributed by atoms with van der Waals surface area (Å²) in [6.45, 7) is 0.916. The van der Waals surface area contributed by atoms with Crippen molar-refractivity contribution in [2.75, 3.05) is 25.6 Å². The summed E-state index contributed by atoms with van der Waals surface area (Å²) in [4.78, 5) is 4.06. The highest BCUT2D eigenvalue weighted by Crippen LogP contribution is 2.05. The van der Waals surface area contributed by atoms with Crippen LogP contribution in [0.25, 0.3) is 0 Å². The highest BCUT2D eigenvalue weighted by Gasteiger charge is 2.03. The van der Waals surface area contributed by atoms with E-state index in [-0.39, 0.29) is 0 Å². The number of rotatable bonds is 6. The maximum atomic E-state index is 9.39. The minimum absolute atomic E-state index is 0.327. The number of aliphatic hydroxyl groups is 1. The summed E-state index contributed by atoms with van der Waals surface area (Å²) < 4.78 is 4.81. The molecule has 0 fully saturated rings. The first-order chi connectivity index (χ1) is 7.76. The number of anilines is 1. The van der Waals surface area contributed by atoms with Gasteiger partial charge < -0.3 is 15.2 Å². The molecule has 2 N–H and O–H groups in total. The van der Waals surface area contributed by atoms with Gasteiger partial charge in [0.2, 0.25) is 0 Å². The second kappa shape index (κ2) is 6.77. The molecule has 1 heterocycles. The molecule has 86 valence electrons. The molecule has 0 aliphatic heterocycles. The van der Waals surface area contributed by atoms with Gasteiger partial charge in [-0.3, -0.25) is 0 Å². The molecule has 0 bridgehead atoms. The van der Waals surface area contributed by atoms with Crippen LogP contribution >= 0.6 is 0 Å². The van der Waals surface area contributed by atoms with Crippen LogP contribution in [0.2, 0.25) is 0 Å². The van der Waals surface area contributed by atoms with Crippen LogP contribution in [0.15, 0.2) is 18.3 Å². The molecule has 0 spiro atoms. The van der Waals surface area contributed by atoms with Crippen molar-refractivity contribution in [2.45, 2.75) is 12.5 Å². The molecule has 0 saturated heterocycles. The Morgan fingerprint density at radius 2 is 2.50 bits per heavy atom. The van der Waals surface area contributed by atoms with E-state index in [9.17, 15) is 5.11 Å². The predicted octanol–water partition coefficient (Wildman–Crippen LogP) is 0.763. The van der Waals surface area contributed by atoms with E-state index in [0.29, 0.717) is 31.0 Å². The molecule has 0 saturated carbocycles. The number of hydrogen-bond acceptors (Lipinski definition) is 5. The third-order valence-electron chi connectivity index (χ3n) is 2.03. The Labute approximate surface area is 94.7 Å². The lowest BCUT2D eigenvalue weighted by atomic mass is 10.2. The lowest BCUT2D eigenvalue weighted by Crippen LogP contribution is -2.18. The number of nitrogens with one attached hydrogen (secondary N) is 1. The molecule has 0 radical (unpaired) electrons. The topological polar surface area (TPSA) is 78.2 Å². The van der Waals surface area contributed by atoms with Gasteiger partial charge in [0, 0.05) is 19.9 Å². The molecule has 1 unspecified atom stereocenters. The summed E-state index contributed by atoms with van der Waals surface area (Å²) in [6, 6.07) is 5.35. The molecule has 16 heavy (non-hydrogen) atoms. The molecule has 0 aliphatic carbocycles. The molecular formula is C11H15N3O2. The van der Waals surface area contributed by atoms with Crippen LogP contribution in [0.1, 0.15) is 12.0 Å². The van der Waals surface area contributed by atoms with E-state index in [0.717, 1.165) is 0 Å². The van der Waals surface area contributed by atoms with Gasteiger partial charge >= 0.3 is 0 Å². The van der Waals surface area contributed by atoms with Gasteiger partial charge in [0.1, 0.15) is 5.82 Å². The molecule has 5 nitrogen and oxygen atoms in total. The molecule has 1 aromatic rings. The van der Waals surface area contributed by atoms with E-state index in [1.165, 1.54) is 0 Å². The quantitative estimate of drug-likeness (QED) is 0.741. The van der Waals surface area contributed by atoms with Crippen molar-refractivity contribution in [1.82, 2.24) is 4.98 Å². The zero-order valence-corrected chi connectivity index (χ0v) is 9.18. The first-order valence-electron chi connectivity index (χ1n) is 5.03. The number of hydrogen-bond donors (Lipinski definition) is 2. The van der Waals surface area contributed by atoms with Crippen LogP contribution in [-0.4, -0.2) is 36.5 Å². The average Bonchev–Trinajstić information content (AvgIpc) is 2.30. The lowest BCUT2D eigenvalue weighted by molar-refractivity contribution is 0.0615. The first kappa shape index (κ1) is 12.4. The predicted molar refractivity (Wildman–Crippen MR) is 59.9 cm³/mol. The van der Waals surface area contributed by atoms with Crippen molar-refractivity contribution < 1.29 is 9.84 Å². The fourth-order valence-electron chi connectivity index (χ4n) is 1.24. The van der Waals surface area contributed by atoms with Crippen molar-refractivity contribution in [3.05, 3.63) is 23.9 Å². The van der Waals surface area contributed by atoms with E-state index < -0.39 is 6.10 Å². The average molecular weight is 221 g/mol. The third kappa shape index (κ3) is 4.26. The number of ether oxygens (including phenoxy) is 1. The maximum absolute atomic E-state index is 9.39. The number of methoxy groups -OCH3 is 1. The number of aliphatic hydroxyl groups excluding tert-OH is 1. The van der Waals surface area contributed by atoms with E-state index >= 15 is 0 Å². The van der Waals surface area contributed by atoms with Gasteiger partial charge in [0.15, 0.2) is 0 Å². The van der Waals surface area contributed by atoms with Gasteiger partial charge in [-0.2, -0.15) is 5.26 Å². The van der Waals surface area contributed by atoms with Gasteiger partial charge in [0.05, 0.1) is 24.3 Å². The fraction of sp³-hybridized carbons (Fsp3) is 0.455. The summed E-state index contributed by atoms with van der Waals surface area (Å²) >= 11 is 0. The minimum Gasteiger partial charge on any atom is -0.391 e. The Balaban J connectivity index is 2.34. The second-order valence-electron chi connectivity index (χ2n) is 3.37. The van der Waals surface area contributed by atoms with Crippen molar-refractivity contribution in [2.24, 2.45) is 0 Å². The Morgan fingerprint density at radius 1 is 1.69 bits per heavy atom. The number of aromatic nitrogens is 1. The Kier molecular flexibility index (Phi) is 5.26. The van der Waals surface area contributed by atoms with Gasteiger partial charge in [0.25, 0.3) is 0 Å². The highest BCUT2D eigenvalue weighted by atomic mass is 16.5. The number of nitriles is 1. The smallest absolute Gasteiger partial charge is 0.127 e. The number of nitrogens with zero attached hydrogens (tertiary/aromatic N) is 2. The monoisotopic (exact) mass is 221 g/mol. The van der Waals surface area contributed by atoms with Crippen molar-refractivity contribution in [1.29, 1.82) is 5.26 Å². The van der Waals surface area contributed by atoms with E-state index in [4.69, 9.17) is 10.00 Å². The minimum atomic E-state index is -0.475. The molecule has 5 heteroatoms. The normalized spacial score (nSPS) is 11.8. The highest BCUT2D eigenvalue weighted by molar-refractivity contribution is 5.42. The zero-order chi connectivity index (χ0) is 11.8. The SMILES string of the molecule is COCC(O)CCNc1cc(C#N)ccn1. The largest absolute Gasteiger partial charge is 0.391 e. The molecule has 0 aromatic carbocycles. The lowest BCUT2D eigenvalue weighted by Gasteiger charge is -2.10. The summed E-state index contributed by atoms with van der Waals surface area (Å²) in [7, 11) is 1.55. The zero-order valence-electron chi connectivity index (χ0n) is 9.18. The van der Waals surface area contributed by atoms with E-state index in [2.05, 4.69) is 10.3 Å². The first-order valence-corrected chi connectivity index (χ1v) is 5.03. The van der Waals surface area contributed by atoms with Crippen molar-refractivity contribution in [3.63, 3.8) is 0 Å². The molecule has 1 aromatic heterocycles. The van der Waals surface area contributed by atoms with Gasteiger partial charge in [-0.15, -0.1) is 0 Å². The van der Waals surface area contributed by atoms with Crippen LogP contribution in [0.5, 0.6) is 0 Å². The molecular weight excluding hydrogens is 206 g/mol. The third-order valence-corrected chi connectivity index (χ3v) is 2.03. The van der Waals surface area contributed by atoms with Crippen LogP contribution in [0.3, 0.4) is 0 Å². The summed E-state index contributed by atoms with van der Waals surface area (Å²) in [5.74, 6) is 0.642. The van der Waals surface area contributed by atoms with E-state index in [1.807, 2.05) is 6.07 Å². The van der Waals surface area contributed by atoms with Crippen LogP contribution in [0, 0.1) is 11.3 Å². The second-order valence-corrected chi connectivity index (χ2v) is 3.37.